The Hall–Kier alpha value is -1.13. The third kappa shape index (κ3) is 3.45. The maximum absolute atomic E-state index is 13.5. The Morgan fingerprint density at radius 2 is 1.95 bits per heavy atom. The van der Waals surface area contributed by atoms with Crippen molar-refractivity contribution in [2.45, 2.75) is 13.5 Å². The SMILES string of the molecule is Cc1cc(Br)c(NCc2cc(F)ccc2F)cc1Cl. The van der Waals surface area contributed by atoms with Crippen LogP contribution < -0.4 is 5.32 Å². The summed E-state index contributed by atoms with van der Waals surface area (Å²) in [6.45, 7) is 2.07. The molecule has 0 amide bonds. The molecule has 0 fully saturated rings. The summed E-state index contributed by atoms with van der Waals surface area (Å²) in [7, 11) is 0. The van der Waals surface area contributed by atoms with Gasteiger partial charge in [0, 0.05) is 21.6 Å². The third-order valence-corrected chi connectivity index (χ3v) is 3.79. The Morgan fingerprint density at radius 1 is 1.21 bits per heavy atom. The molecule has 0 saturated carbocycles. The van der Waals surface area contributed by atoms with Gasteiger partial charge in [-0.05, 0) is 58.7 Å². The van der Waals surface area contributed by atoms with Gasteiger partial charge in [-0.2, -0.15) is 0 Å². The topological polar surface area (TPSA) is 12.0 Å². The van der Waals surface area contributed by atoms with Gasteiger partial charge in [0.15, 0.2) is 0 Å². The maximum atomic E-state index is 13.5. The van der Waals surface area contributed by atoms with Crippen LogP contribution in [0.2, 0.25) is 5.02 Å². The lowest BCUT2D eigenvalue weighted by molar-refractivity contribution is 0.587. The predicted octanol–water partition coefficient (Wildman–Crippen LogP) is 5.30. The molecule has 0 spiro atoms. The van der Waals surface area contributed by atoms with E-state index in [2.05, 4.69) is 21.2 Å². The third-order valence-electron chi connectivity index (χ3n) is 2.73. The molecule has 0 aliphatic heterocycles. The van der Waals surface area contributed by atoms with Crippen LogP contribution in [0.4, 0.5) is 14.5 Å². The van der Waals surface area contributed by atoms with Crippen molar-refractivity contribution in [1.82, 2.24) is 0 Å². The van der Waals surface area contributed by atoms with Crippen molar-refractivity contribution in [2.24, 2.45) is 0 Å². The first-order valence-electron chi connectivity index (χ1n) is 5.61. The van der Waals surface area contributed by atoms with E-state index in [1.165, 1.54) is 6.07 Å². The smallest absolute Gasteiger partial charge is 0.128 e. The van der Waals surface area contributed by atoms with Gasteiger partial charge < -0.3 is 5.32 Å². The molecule has 0 aromatic heterocycles. The summed E-state index contributed by atoms with van der Waals surface area (Å²) in [5.41, 5.74) is 1.94. The number of hydrogen-bond acceptors (Lipinski definition) is 1. The maximum Gasteiger partial charge on any atom is 0.128 e. The molecular formula is C14H11BrClF2N. The summed E-state index contributed by atoms with van der Waals surface area (Å²) in [6, 6.07) is 7.00. The van der Waals surface area contributed by atoms with Gasteiger partial charge in [0.2, 0.25) is 0 Å². The molecule has 0 radical (unpaired) electrons. The summed E-state index contributed by atoms with van der Waals surface area (Å²) in [6.07, 6.45) is 0. The Morgan fingerprint density at radius 3 is 2.68 bits per heavy atom. The monoisotopic (exact) mass is 345 g/mol. The minimum absolute atomic E-state index is 0.182. The number of aryl methyl sites for hydroxylation is 1. The van der Waals surface area contributed by atoms with Gasteiger partial charge in [-0.15, -0.1) is 0 Å². The van der Waals surface area contributed by atoms with E-state index in [4.69, 9.17) is 11.6 Å². The summed E-state index contributed by atoms with van der Waals surface area (Å²) in [5, 5.41) is 3.64. The van der Waals surface area contributed by atoms with Gasteiger partial charge in [-0.25, -0.2) is 8.78 Å². The van der Waals surface area contributed by atoms with Crippen molar-refractivity contribution in [2.75, 3.05) is 5.32 Å². The second kappa shape index (κ2) is 5.88. The van der Waals surface area contributed by atoms with Gasteiger partial charge in [0.05, 0.1) is 5.69 Å². The van der Waals surface area contributed by atoms with Crippen molar-refractivity contribution >= 4 is 33.2 Å². The molecule has 2 aromatic carbocycles. The van der Waals surface area contributed by atoms with Crippen molar-refractivity contribution in [3.63, 3.8) is 0 Å². The van der Waals surface area contributed by atoms with Gasteiger partial charge in [0.1, 0.15) is 11.6 Å². The average Bonchev–Trinajstić information content (AvgIpc) is 2.36. The highest BCUT2D eigenvalue weighted by Gasteiger charge is 2.07. The molecule has 100 valence electrons. The first kappa shape index (κ1) is 14.3. The van der Waals surface area contributed by atoms with Crippen LogP contribution in [0.15, 0.2) is 34.8 Å². The number of rotatable bonds is 3. The number of nitrogens with one attached hydrogen (secondary N) is 1. The fourth-order valence-corrected chi connectivity index (χ4v) is 2.41. The lowest BCUT2D eigenvalue weighted by Gasteiger charge is -2.11. The van der Waals surface area contributed by atoms with Crippen LogP contribution in [0, 0.1) is 18.6 Å². The van der Waals surface area contributed by atoms with Crippen LogP contribution in [0.25, 0.3) is 0 Å². The van der Waals surface area contributed by atoms with E-state index in [1.807, 2.05) is 13.0 Å². The van der Waals surface area contributed by atoms with Crippen molar-refractivity contribution < 1.29 is 8.78 Å². The lowest BCUT2D eigenvalue weighted by atomic mass is 10.2. The molecule has 1 nitrogen and oxygen atoms in total. The molecule has 1 N–H and O–H groups in total. The molecule has 0 heterocycles. The highest BCUT2D eigenvalue weighted by molar-refractivity contribution is 9.10. The fourth-order valence-electron chi connectivity index (χ4n) is 1.65. The molecule has 0 atom stereocenters. The molecule has 2 aromatic rings. The average molecular weight is 347 g/mol. The van der Waals surface area contributed by atoms with E-state index in [0.717, 1.165) is 27.9 Å². The molecule has 0 bridgehead atoms. The van der Waals surface area contributed by atoms with Crippen molar-refractivity contribution in [1.29, 1.82) is 0 Å². The predicted molar refractivity (Wildman–Crippen MR) is 77.6 cm³/mol. The van der Waals surface area contributed by atoms with Gasteiger partial charge in [-0.3, -0.25) is 0 Å². The van der Waals surface area contributed by atoms with Crippen molar-refractivity contribution in [3.05, 3.63) is 62.6 Å². The molecular weight excluding hydrogens is 336 g/mol. The van der Waals surface area contributed by atoms with Crippen LogP contribution in [0.1, 0.15) is 11.1 Å². The Kier molecular flexibility index (Phi) is 4.42. The van der Waals surface area contributed by atoms with E-state index in [9.17, 15) is 8.78 Å². The van der Waals surface area contributed by atoms with E-state index in [1.54, 1.807) is 6.07 Å². The molecule has 0 saturated heterocycles. The zero-order chi connectivity index (χ0) is 14.0. The van der Waals surface area contributed by atoms with Crippen LogP contribution in [-0.2, 0) is 6.54 Å². The molecule has 0 unspecified atom stereocenters. The molecule has 0 aliphatic carbocycles. The quantitative estimate of drug-likeness (QED) is 0.795. The summed E-state index contributed by atoms with van der Waals surface area (Å²) in [5.74, 6) is -0.901. The Balaban J connectivity index is 2.19. The number of benzene rings is 2. The second-order valence-electron chi connectivity index (χ2n) is 4.17. The standard InChI is InChI=1S/C14H11BrClF2N/c1-8-4-11(15)14(6-12(8)16)19-7-9-5-10(17)2-3-13(9)18/h2-6,19H,7H2,1H3. The Bertz CT molecular complexity index is 617. The largest absolute Gasteiger partial charge is 0.380 e. The molecule has 5 heteroatoms. The fraction of sp³-hybridized carbons (Fsp3) is 0.143. The summed E-state index contributed by atoms with van der Waals surface area (Å²) in [4.78, 5) is 0. The zero-order valence-corrected chi connectivity index (χ0v) is 12.4. The minimum atomic E-state index is -0.459. The zero-order valence-electron chi connectivity index (χ0n) is 10.1. The molecule has 0 aliphatic rings. The second-order valence-corrected chi connectivity index (χ2v) is 5.43. The van der Waals surface area contributed by atoms with Crippen LogP contribution in [-0.4, -0.2) is 0 Å². The molecule has 2 rings (SSSR count). The summed E-state index contributed by atoms with van der Waals surface area (Å²) >= 11 is 9.43. The van der Waals surface area contributed by atoms with Crippen LogP contribution in [0.3, 0.4) is 0 Å². The number of anilines is 1. The van der Waals surface area contributed by atoms with E-state index in [-0.39, 0.29) is 12.1 Å². The van der Waals surface area contributed by atoms with E-state index >= 15 is 0 Å². The minimum Gasteiger partial charge on any atom is -0.380 e. The summed E-state index contributed by atoms with van der Waals surface area (Å²) < 4.78 is 27.3. The lowest BCUT2D eigenvalue weighted by Crippen LogP contribution is -2.03. The first-order chi connectivity index (χ1) is 8.97. The first-order valence-corrected chi connectivity index (χ1v) is 6.78. The number of halogens is 4. The van der Waals surface area contributed by atoms with Crippen LogP contribution >= 0.6 is 27.5 Å². The Labute approximate surface area is 123 Å². The highest BCUT2D eigenvalue weighted by atomic mass is 79.9. The van der Waals surface area contributed by atoms with Gasteiger partial charge in [-0.1, -0.05) is 11.6 Å². The van der Waals surface area contributed by atoms with Gasteiger partial charge >= 0.3 is 0 Å². The van der Waals surface area contributed by atoms with Crippen molar-refractivity contribution in [3.8, 4) is 0 Å². The van der Waals surface area contributed by atoms with Crippen LogP contribution in [0.5, 0.6) is 0 Å². The van der Waals surface area contributed by atoms with E-state index < -0.39 is 11.6 Å². The van der Waals surface area contributed by atoms with Gasteiger partial charge in [0.25, 0.3) is 0 Å². The normalized spacial score (nSPS) is 10.6. The molecule has 19 heavy (non-hydrogen) atoms. The highest BCUT2D eigenvalue weighted by Crippen LogP contribution is 2.29. The number of hydrogen-bond donors (Lipinski definition) is 1. The van der Waals surface area contributed by atoms with E-state index in [0.29, 0.717) is 5.02 Å².